The van der Waals surface area contributed by atoms with Gasteiger partial charge >= 0.3 is 11.5 Å². The molecular weight excluding hydrogens is 652 g/mol. The number of carbonyl (C=O) groups excluding carboxylic acids is 2. The highest BCUT2D eigenvalue weighted by Crippen LogP contribution is 2.38. The standard InChI is InChI=1S/C31H36F4N2O9S/c1-16-7-8-17(2)26(25(16)28(39)36-18-5-4-6-20(13-18)47(43,44)31(33,34)35)37-27(38)21-14-24(22(32)15-23(21)45-3)46-19-9-11-30(42,12-10-19)29(40)41/h4-6,13-17,19,25-26,42H,7-12H2,1-3H3,(H,36,39)(H,37,38)(H,40,41)/t16-,17+,19-,25+,26-,30-/m1/s1. The molecule has 2 aliphatic carbocycles. The van der Waals surface area contributed by atoms with Crippen LogP contribution in [0.15, 0.2) is 41.3 Å². The van der Waals surface area contributed by atoms with E-state index in [-0.39, 0.29) is 60.3 Å². The minimum Gasteiger partial charge on any atom is -0.496 e. The lowest BCUT2D eigenvalue weighted by Gasteiger charge is -2.40. The first-order valence-corrected chi connectivity index (χ1v) is 16.4. The molecule has 2 aromatic carbocycles. The summed E-state index contributed by atoms with van der Waals surface area (Å²) in [4.78, 5) is 37.5. The van der Waals surface area contributed by atoms with Gasteiger partial charge in [0, 0.05) is 17.8 Å². The summed E-state index contributed by atoms with van der Waals surface area (Å²) in [6.07, 6.45) is 0.595. The van der Waals surface area contributed by atoms with Crippen molar-refractivity contribution in [2.45, 2.75) is 80.5 Å². The second-order valence-electron chi connectivity index (χ2n) is 12.2. The molecule has 258 valence electrons. The maximum absolute atomic E-state index is 15.0. The summed E-state index contributed by atoms with van der Waals surface area (Å²) >= 11 is 0. The number of aliphatic carboxylic acids is 1. The summed E-state index contributed by atoms with van der Waals surface area (Å²) in [6, 6.07) is 5.10. The van der Waals surface area contributed by atoms with E-state index in [1.807, 2.05) is 6.92 Å². The normalized spacial score (nSPS) is 26.6. The van der Waals surface area contributed by atoms with Crippen LogP contribution >= 0.6 is 0 Å². The first kappa shape index (κ1) is 35.9. The van der Waals surface area contributed by atoms with E-state index < -0.39 is 67.5 Å². The summed E-state index contributed by atoms with van der Waals surface area (Å²) < 4.78 is 89.1. The molecule has 2 amide bonds. The number of aliphatic hydroxyl groups is 1. The number of carbonyl (C=O) groups is 3. The summed E-state index contributed by atoms with van der Waals surface area (Å²) in [5.74, 6) is -5.43. The van der Waals surface area contributed by atoms with Crippen LogP contribution in [0.2, 0.25) is 0 Å². The van der Waals surface area contributed by atoms with Gasteiger partial charge in [0.25, 0.3) is 15.7 Å². The van der Waals surface area contributed by atoms with Gasteiger partial charge in [-0.3, -0.25) is 9.59 Å². The van der Waals surface area contributed by atoms with E-state index in [9.17, 15) is 50.6 Å². The van der Waals surface area contributed by atoms with Crippen LogP contribution in [0, 0.1) is 23.6 Å². The Labute approximate surface area is 268 Å². The van der Waals surface area contributed by atoms with Gasteiger partial charge in [-0.25, -0.2) is 17.6 Å². The van der Waals surface area contributed by atoms with Crippen LogP contribution in [0.4, 0.5) is 23.2 Å². The molecule has 2 saturated carbocycles. The fourth-order valence-electron chi connectivity index (χ4n) is 6.13. The van der Waals surface area contributed by atoms with E-state index in [0.29, 0.717) is 18.9 Å². The molecule has 4 N–H and O–H groups in total. The van der Waals surface area contributed by atoms with E-state index >= 15 is 0 Å². The van der Waals surface area contributed by atoms with Gasteiger partial charge in [0.15, 0.2) is 17.2 Å². The average molecular weight is 689 g/mol. The first-order chi connectivity index (χ1) is 21.9. The summed E-state index contributed by atoms with van der Waals surface area (Å²) in [5, 5.41) is 24.8. The van der Waals surface area contributed by atoms with Crippen LogP contribution in [-0.4, -0.2) is 66.8 Å². The zero-order chi connectivity index (χ0) is 34.9. The molecule has 4 rings (SSSR count). The Morgan fingerprint density at radius 1 is 0.979 bits per heavy atom. The number of amides is 2. The van der Waals surface area contributed by atoms with Gasteiger partial charge in [-0.05, 0) is 74.6 Å². The number of nitrogens with one attached hydrogen (secondary N) is 2. The topological polar surface area (TPSA) is 168 Å². The third-order valence-corrected chi connectivity index (χ3v) is 10.4. The summed E-state index contributed by atoms with van der Waals surface area (Å²) in [6.45, 7) is 3.59. The number of carboxylic acid groups (broad SMARTS) is 1. The number of halogens is 4. The van der Waals surface area contributed by atoms with Crippen molar-refractivity contribution in [3.63, 3.8) is 0 Å². The van der Waals surface area contributed by atoms with Crippen molar-refractivity contribution >= 4 is 33.3 Å². The lowest BCUT2D eigenvalue weighted by Crippen LogP contribution is -2.53. The Balaban J connectivity index is 1.55. The highest BCUT2D eigenvalue weighted by Gasteiger charge is 2.47. The maximum atomic E-state index is 15.0. The van der Waals surface area contributed by atoms with E-state index in [0.717, 1.165) is 24.3 Å². The van der Waals surface area contributed by atoms with Crippen molar-refractivity contribution in [3.8, 4) is 11.5 Å². The molecule has 0 aliphatic heterocycles. The van der Waals surface area contributed by atoms with Crippen molar-refractivity contribution in [2.75, 3.05) is 12.4 Å². The average Bonchev–Trinajstić information content (AvgIpc) is 3.00. The molecule has 0 heterocycles. The number of benzene rings is 2. The van der Waals surface area contributed by atoms with E-state index in [4.69, 9.17) is 9.47 Å². The van der Waals surface area contributed by atoms with Crippen molar-refractivity contribution in [1.29, 1.82) is 0 Å². The smallest absolute Gasteiger partial charge is 0.496 e. The lowest BCUT2D eigenvalue weighted by atomic mass is 9.71. The van der Waals surface area contributed by atoms with Crippen LogP contribution in [0.25, 0.3) is 0 Å². The number of ether oxygens (including phenoxy) is 2. The Hall–Kier alpha value is -3.92. The highest BCUT2D eigenvalue weighted by atomic mass is 32.2. The zero-order valence-corrected chi connectivity index (χ0v) is 26.6. The number of methoxy groups -OCH3 is 1. The van der Waals surface area contributed by atoms with Gasteiger partial charge in [-0.2, -0.15) is 13.2 Å². The summed E-state index contributed by atoms with van der Waals surface area (Å²) in [7, 11) is -4.43. The fourth-order valence-corrected chi connectivity index (χ4v) is 6.93. The van der Waals surface area contributed by atoms with Crippen molar-refractivity contribution in [1.82, 2.24) is 5.32 Å². The summed E-state index contributed by atoms with van der Waals surface area (Å²) in [5.41, 5.74) is -7.73. The molecule has 47 heavy (non-hydrogen) atoms. The van der Waals surface area contributed by atoms with Crippen LogP contribution in [0.1, 0.15) is 62.7 Å². The molecule has 4 atom stereocenters. The largest absolute Gasteiger partial charge is 0.501 e. The van der Waals surface area contributed by atoms with Crippen LogP contribution < -0.4 is 20.1 Å². The number of hydrogen-bond donors (Lipinski definition) is 4. The second kappa shape index (κ2) is 13.7. The number of sulfone groups is 1. The third kappa shape index (κ3) is 7.64. The molecule has 16 heteroatoms. The molecular formula is C31H36F4N2O9S. The predicted molar refractivity (Wildman–Crippen MR) is 159 cm³/mol. The van der Waals surface area contributed by atoms with Crippen molar-refractivity contribution in [3.05, 3.63) is 47.8 Å². The quantitative estimate of drug-likeness (QED) is 0.273. The van der Waals surface area contributed by atoms with Crippen LogP contribution in [-0.2, 0) is 19.4 Å². The Bertz CT molecular complexity index is 1630. The van der Waals surface area contributed by atoms with E-state index in [1.165, 1.54) is 13.2 Å². The molecule has 0 radical (unpaired) electrons. The lowest BCUT2D eigenvalue weighted by molar-refractivity contribution is -0.163. The van der Waals surface area contributed by atoms with Crippen molar-refractivity contribution in [2.24, 2.45) is 17.8 Å². The molecule has 2 fully saturated rings. The number of hydrogen-bond acceptors (Lipinski definition) is 8. The Morgan fingerprint density at radius 2 is 1.62 bits per heavy atom. The monoisotopic (exact) mass is 688 g/mol. The Kier molecular flexibility index (Phi) is 10.4. The van der Waals surface area contributed by atoms with E-state index in [2.05, 4.69) is 10.6 Å². The van der Waals surface area contributed by atoms with Gasteiger partial charge < -0.3 is 30.3 Å². The zero-order valence-electron chi connectivity index (χ0n) is 25.8. The van der Waals surface area contributed by atoms with Gasteiger partial charge in [0.2, 0.25) is 5.91 Å². The molecule has 2 aromatic rings. The molecule has 11 nitrogen and oxygen atoms in total. The fraction of sp³-hybridized carbons (Fsp3) is 0.516. The van der Waals surface area contributed by atoms with Gasteiger partial charge in [0.05, 0.1) is 29.6 Å². The van der Waals surface area contributed by atoms with Crippen molar-refractivity contribution < 1.29 is 60.0 Å². The molecule has 2 aliphatic rings. The maximum Gasteiger partial charge on any atom is 0.501 e. The number of rotatable bonds is 9. The van der Waals surface area contributed by atoms with Gasteiger partial charge in [-0.1, -0.05) is 19.9 Å². The number of anilines is 1. The minimum absolute atomic E-state index is 0.109. The molecule has 0 bridgehead atoms. The Morgan fingerprint density at radius 3 is 2.21 bits per heavy atom. The van der Waals surface area contributed by atoms with Gasteiger partial charge in [-0.15, -0.1) is 0 Å². The SMILES string of the molecule is COc1cc(F)c(O[C@H]2CC[C@@](O)(C(=O)O)CC2)cc1C(=O)N[C@H]1[C@@H](C(=O)Nc2cccc(S(=O)(=O)C(F)(F)F)c2)[C@H](C)CC[C@@H]1C. The molecule has 0 spiro atoms. The predicted octanol–water partition coefficient (Wildman–Crippen LogP) is 4.68. The first-order valence-electron chi connectivity index (χ1n) is 14.9. The van der Waals surface area contributed by atoms with Gasteiger partial charge in [0.1, 0.15) is 5.75 Å². The molecule has 0 unspecified atom stereocenters. The second-order valence-corrected chi connectivity index (χ2v) is 14.1. The van der Waals surface area contributed by atoms with Crippen LogP contribution in [0.5, 0.6) is 11.5 Å². The molecule has 0 saturated heterocycles. The number of alkyl halides is 3. The highest BCUT2D eigenvalue weighted by molar-refractivity contribution is 7.92. The van der Waals surface area contributed by atoms with E-state index in [1.54, 1.807) is 6.92 Å². The third-order valence-electron chi connectivity index (χ3n) is 8.96. The number of carboxylic acids is 1. The minimum atomic E-state index is -5.66. The van der Waals surface area contributed by atoms with Crippen LogP contribution in [0.3, 0.4) is 0 Å². The molecule has 0 aromatic heterocycles.